The molecule has 0 aliphatic heterocycles. The number of nitrogens with one attached hydrogen (secondary N) is 1. The first-order valence-electron chi connectivity index (χ1n) is 4.50. The van der Waals surface area contributed by atoms with Crippen LogP contribution >= 0.6 is 11.8 Å². The van der Waals surface area contributed by atoms with E-state index in [-0.39, 0.29) is 0 Å². The molecule has 1 rings (SSSR count). The third-order valence-electron chi connectivity index (χ3n) is 1.73. The normalized spacial score (nSPS) is 10.5. The van der Waals surface area contributed by atoms with Crippen LogP contribution in [0, 0.1) is 0 Å². The molecule has 1 aromatic rings. The molecule has 0 aliphatic carbocycles. The summed E-state index contributed by atoms with van der Waals surface area (Å²) in [5.74, 6) is 2.16. The lowest BCUT2D eigenvalue weighted by atomic mass is 10.3. The lowest BCUT2D eigenvalue weighted by Gasteiger charge is -2.00. The van der Waals surface area contributed by atoms with Gasteiger partial charge in [0.25, 0.3) is 0 Å². The Hall–Kier alpha value is -0.480. The van der Waals surface area contributed by atoms with Crippen molar-refractivity contribution in [2.24, 2.45) is 0 Å². The third-order valence-corrected chi connectivity index (χ3v) is 2.43. The van der Waals surface area contributed by atoms with Gasteiger partial charge in [-0.15, -0.1) is 0 Å². The average molecular weight is 200 g/mol. The van der Waals surface area contributed by atoms with Gasteiger partial charge in [-0.25, -0.2) is 4.98 Å². The number of aromatic nitrogens is 1. The third kappa shape index (κ3) is 4.95. The maximum Gasteiger partial charge on any atom is 0.180 e. The Kier molecular flexibility index (Phi) is 5.69. The molecule has 0 bridgehead atoms. The first-order valence-corrected chi connectivity index (χ1v) is 5.90. The number of unbranched alkanes of at least 4 members (excludes halogenated alkanes) is 1. The molecule has 0 amide bonds. The fourth-order valence-electron chi connectivity index (χ4n) is 1.04. The minimum atomic E-state index is 0.791. The number of oxazole rings is 1. The summed E-state index contributed by atoms with van der Waals surface area (Å²) in [6.45, 7) is 1.85. The molecular weight excluding hydrogens is 184 g/mol. The van der Waals surface area contributed by atoms with E-state index in [0.717, 1.165) is 18.8 Å². The molecule has 3 nitrogen and oxygen atoms in total. The van der Waals surface area contributed by atoms with Crippen molar-refractivity contribution in [3.05, 3.63) is 18.4 Å². The zero-order valence-electron chi connectivity index (χ0n) is 7.95. The molecule has 0 aliphatic rings. The first-order chi connectivity index (χ1) is 6.43. The predicted molar refractivity (Wildman–Crippen MR) is 55.8 cm³/mol. The SMILES string of the molecule is CSCCCCNCc1cnco1. The highest BCUT2D eigenvalue weighted by Gasteiger charge is 1.94. The van der Waals surface area contributed by atoms with Gasteiger partial charge in [0.05, 0.1) is 12.7 Å². The fraction of sp³-hybridized carbons (Fsp3) is 0.667. The van der Waals surface area contributed by atoms with Gasteiger partial charge in [-0.1, -0.05) is 0 Å². The molecule has 0 saturated carbocycles. The molecule has 13 heavy (non-hydrogen) atoms. The molecule has 0 spiro atoms. The highest BCUT2D eigenvalue weighted by atomic mass is 32.2. The molecule has 0 unspecified atom stereocenters. The second-order valence-electron chi connectivity index (χ2n) is 2.84. The molecule has 0 fully saturated rings. The summed E-state index contributed by atoms with van der Waals surface area (Å²) in [7, 11) is 0. The van der Waals surface area contributed by atoms with Crippen molar-refractivity contribution in [1.29, 1.82) is 0 Å². The van der Waals surface area contributed by atoms with E-state index in [0.29, 0.717) is 0 Å². The van der Waals surface area contributed by atoms with Crippen molar-refractivity contribution in [2.45, 2.75) is 19.4 Å². The van der Waals surface area contributed by atoms with Gasteiger partial charge in [-0.05, 0) is 31.4 Å². The maximum absolute atomic E-state index is 5.08. The van der Waals surface area contributed by atoms with Crippen LogP contribution in [0.15, 0.2) is 17.0 Å². The minimum absolute atomic E-state index is 0.791. The molecule has 4 heteroatoms. The van der Waals surface area contributed by atoms with Crippen molar-refractivity contribution in [3.8, 4) is 0 Å². The average Bonchev–Trinajstić information content (AvgIpc) is 2.63. The van der Waals surface area contributed by atoms with Crippen LogP contribution in [0.5, 0.6) is 0 Å². The van der Waals surface area contributed by atoms with Gasteiger partial charge in [0, 0.05) is 0 Å². The largest absolute Gasteiger partial charge is 0.447 e. The minimum Gasteiger partial charge on any atom is -0.447 e. The van der Waals surface area contributed by atoms with Crippen LogP contribution in [0.3, 0.4) is 0 Å². The van der Waals surface area contributed by atoms with Crippen molar-refractivity contribution in [2.75, 3.05) is 18.6 Å². The summed E-state index contributed by atoms with van der Waals surface area (Å²) in [5.41, 5.74) is 0. The Balaban J connectivity index is 1.90. The molecule has 0 atom stereocenters. The fourth-order valence-corrected chi connectivity index (χ4v) is 1.53. The topological polar surface area (TPSA) is 38.1 Å². The van der Waals surface area contributed by atoms with Crippen molar-refractivity contribution in [3.63, 3.8) is 0 Å². The molecule has 1 aromatic heterocycles. The Bertz CT molecular complexity index is 201. The van der Waals surface area contributed by atoms with Crippen LogP contribution in [0.2, 0.25) is 0 Å². The Morgan fingerprint density at radius 2 is 2.46 bits per heavy atom. The van der Waals surface area contributed by atoms with E-state index >= 15 is 0 Å². The molecule has 74 valence electrons. The number of thioether (sulfide) groups is 1. The molecule has 0 saturated heterocycles. The zero-order chi connectivity index (χ0) is 9.36. The second kappa shape index (κ2) is 6.97. The molecule has 1 heterocycles. The van der Waals surface area contributed by atoms with Crippen molar-refractivity contribution in [1.82, 2.24) is 10.3 Å². The summed E-state index contributed by atoms with van der Waals surface area (Å²) < 4.78 is 5.08. The number of rotatable bonds is 7. The lowest BCUT2D eigenvalue weighted by Crippen LogP contribution is -2.14. The molecule has 0 aromatic carbocycles. The van der Waals surface area contributed by atoms with Gasteiger partial charge in [0.1, 0.15) is 5.76 Å². The van der Waals surface area contributed by atoms with E-state index in [4.69, 9.17) is 4.42 Å². The summed E-state index contributed by atoms with van der Waals surface area (Å²) in [6, 6.07) is 0. The van der Waals surface area contributed by atoms with Gasteiger partial charge < -0.3 is 9.73 Å². The van der Waals surface area contributed by atoms with Gasteiger partial charge in [0.15, 0.2) is 6.39 Å². The highest BCUT2D eigenvalue weighted by molar-refractivity contribution is 7.98. The molecule has 0 radical (unpaired) electrons. The first kappa shape index (κ1) is 10.6. The Morgan fingerprint density at radius 1 is 1.54 bits per heavy atom. The van der Waals surface area contributed by atoms with E-state index in [1.54, 1.807) is 6.20 Å². The second-order valence-corrected chi connectivity index (χ2v) is 3.83. The van der Waals surface area contributed by atoms with Crippen LogP contribution in [-0.2, 0) is 6.54 Å². The Labute approximate surface area is 83.3 Å². The monoisotopic (exact) mass is 200 g/mol. The standard InChI is InChI=1S/C9H16N2OS/c1-13-5-3-2-4-10-6-9-7-11-8-12-9/h7-8,10H,2-6H2,1H3. The number of hydrogen-bond donors (Lipinski definition) is 1. The van der Waals surface area contributed by atoms with E-state index in [1.807, 2.05) is 11.8 Å². The molecular formula is C9H16N2OS. The van der Waals surface area contributed by atoms with E-state index in [1.165, 1.54) is 25.0 Å². The van der Waals surface area contributed by atoms with E-state index in [2.05, 4.69) is 16.6 Å². The lowest BCUT2D eigenvalue weighted by molar-refractivity contribution is 0.477. The smallest absolute Gasteiger partial charge is 0.180 e. The van der Waals surface area contributed by atoms with Crippen LogP contribution in [0.4, 0.5) is 0 Å². The highest BCUT2D eigenvalue weighted by Crippen LogP contribution is 1.99. The van der Waals surface area contributed by atoms with Crippen molar-refractivity contribution < 1.29 is 4.42 Å². The van der Waals surface area contributed by atoms with Crippen LogP contribution in [-0.4, -0.2) is 23.5 Å². The van der Waals surface area contributed by atoms with Crippen LogP contribution < -0.4 is 5.32 Å². The van der Waals surface area contributed by atoms with E-state index in [9.17, 15) is 0 Å². The van der Waals surface area contributed by atoms with Crippen molar-refractivity contribution >= 4 is 11.8 Å². The number of hydrogen-bond acceptors (Lipinski definition) is 4. The quantitative estimate of drug-likeness (QED) is 0.682. The van der Waals surface area contributed by atoms with Gasteiger partial charge in [-0.3, -0.25) is 0 Å². The molecule has 1 N–H and O–H groups in total. The van der Waals surface area contributed by atoms with Gasteiger partial charge >= 0.3 is 0 Å². The van der Waals surface area contributed by atoms with Crippen LogP contribution in [0.25, 0.3) is 0 Å². The summed E-state index contributed by atoms with van der Waals surface area (Å²) >= 11 is 1.90. The van der Waals surface area contributed by atoms with Gasteiger partial charge in [-0.2, -0.15) is 11.8 Å². The maximum atomic E-state index is 5.08. The summed E-state index contributed by atoms with van der Waals surface area (Å²) in [5, 5.41) is 3.30. The summed E-state index contributed by atoms with van der Waals surface area (Å²) in [4.78, 5) is 3.84. The predicted octanol–water partition coefficient (Wildman–Crippen LogP) is 1.91. The van der Waals surface area contributed by atoms with Gasteiger partial charge in [0.2, 0.25) is 0 Å². The zero-order valence-corrected chi connectivity index (χ0v) is 8.77. The summed E-state index contributed by atoms with van der Waals surface area (Å²) in [6.07, 6.45) is 7.86. The Morgan fingerprint density at radius 3 is 3.15 bits per heavy atom. The van der Waals surface area contributed by atoms with E-state index < -0.39 is 0 Å². The van der Waals surface area contributed by atoms with Crippen LogP contribution in [0.1, 0.15) is 18.6 Å². The number of nitrogens with zero attached hydrogens (tertiary/aromatic N) is 1.